The third-order valence-corrected chi connectivity index (χ3v) is 4.71. The summed E-state index contributed by atoms with van der Waals surface area (Å²) < 4.78 is -0.641. The molecule has 0 heterocycles. The Kier molecular flexibility index (Phi) is 1.48. The van der Waals surface area contributed by atoms with Gasteiger partial charge in [0, 0.05) is 0 Å². The average Bonchev–Trinajstić information content (AvgIpc) is 2.42. The van der Waals surface area contributed by atoms with E-state index >= 15 is 0 Å². The Bertz CT molecular complexity index is 163. The molecule has 0 saturated heterocycles. The molecule has 0 spiro atoms. The molecule has 0 aliphatic heterocycles. The van der Waals surface area contributed by atoms with Crippen molar-refractivity contribution in [2.45, 2.75) is 34.9 Å². The standard InChI is InChI=1S/C7H9Cl3/c8-6-4-5(6)2-1-3-7(6,9)10/h5H,1-4H2. The maximum Gasteiger partial charge on any atom is 0.137 e. The van der Waals surface area contributed by atoms with E-state index in [4.69, 9.17) is 34.8 Å². The highest BCUT2D eigenvalue weighted by Crippen LogP contribution is 2.66. The first-order valence-electron chi connectivity index (χ1n) is 3.63. The fourth-order valence-corrected chi connectivity index (χ4v) is 2.98. The molecule has 2 saturated carbocycles. The Labute approximate surface area is 75.8 Å². The van der Waals surface area contributed by atoms with Gasteiger partial charge in [0.1, 0.15) is 4.33 Å². The lowest BCUT2D eigenvalue weighted by molar-refractivity contribution is 0.474. The van der Waals surface area contributed by atoms with Gasteiger partial charge in [0.15, 0.2) is 0 Å². The zero-order chi connectivity index (χ0) is 7.41. The van der Waals surface area contributed by atoms with Gasteiger partial charge in [0.2, 0.25) is 0 Å². The SMILES string of the molecule is ClC1(Cl)CCCC2CC21Cl. The van der Waals surface area contributed by atoms with Crippen molar-refractivity contribution in [3.05, 3.63) is 0 Å². The zero-order valence-electron chi connectivity index (χ0n) is 5.54. The molecule has 0 bridgehead atoms. The Hall–Kier alpha value is 0.870. The van der Waals surface area contributed by atoms with Crippen molar-refractivity contribution in [2.24, 2.45) is 5.92 Å². The van der Waals surface area contributed by atoms with Gasteiger partial charge >= 0.3 is 0 Å². The van der Waals surface area contributed by atoms with Gasteiger partial charge in [-0.1, -0.05) is 29.6 Å². The predicted molar refractivity (Wildman–Crippen MR) is 45.0 cm³/mol. The van der Waals surface area contributed by atoms with Crippen LogP contribution in [-0.2, 0) is 0 Å². The molecule has 10 heavy (non-hydrogen) atoms. The Morgan fingerprint density at radius 2 is 1.90 bits per heavy atom. The Morgan fingerprint density at radius 1 is 1.20 bits per heavy atom. The third kappa shape index (κ3) is 0.821. The quantitative estimate of drug-likeness (QED) is 0.525. The minimum Gasteiger partial charge on any atom is -0.116 e. The van der Waals surface area contributed by atoms with Gasteiger partial charge in [-0.15, -0.1) is 11.6 Å². The number of hydrogen-bond donors (Lipinski definition) is 0. The maximum atomic E-state index is 6.17. The van der Waals surface area contributed by atoms with Crippen molar-refractivity contribution in [1.29, 1.82) is 0 Å². The summed E-state index contributed by atoms with van der Waals surface area (Å²) in [6, 6.07) is 0. The molecular weight excluding hydrogens is 190 g/mol. The number of rotatable bonds is 0. The number of hydrogen-bond acceptors (Lipinski definition) is 0. The summed E-state index contributed by atoms with van der Waals surface area (Å²) in [5.74, 6) is 0.595. The van der Waals surface area contributed by atoms with Gasteiger partial charge in [-0.3, -0.25) is 0 Å². The molecule has 0 aromatic rings. The lowest BCUT2D eigenvalue weighted by atomic mass is 9.99. The van der Waals surface area contributed by atoms with Crippen molar-refractivity contribution in [2.75, 3.05) is 0 Å². The normalized spacial score (nSPS) is 50.1. The fraction of sp³-hybridized carbons (Fsp3) is 1.00. The first-order valence-corrected chi connectivity index (χ1v) is 4.76. The molecule has 0 aromatic carbocycles. The van der Waals surface area contributed by atoms with E-state index in [1.165, 1.54) is 6.42 Å². The van der Waals surface area contributed by atoms with Gasteiger partial charge < -0.3 is 0 Å². The van der Waals surface area contributed by atoms with E-state index in [9.17, 15) is 0 Å². The molecule has 0 N–H and O–H groups in total. The molecule has 58 valence electrons. The molecule has 2 aliphatic carbocycles. The first-order chi connectivity index (χ1) is 4.56. The molecule has 0 amide bonds. The number of halogens is 3. The second kappa shape index (κ2) is 1.97. The molecule has 2 unspecified atom stereocenters. The molecule has 2 atom stereocenters. The van der Waals surface area contributed by atoms with Gasteiger partial charge in [0.25, 0.3) is 0 Å². The average molecular weight is 200 g/mol. The van der Waals surface area contributed by atoms with Crippen LogP contribution in [0.2, 0.25) is 0 Å². The summed E-state index contributed by atoms with van der Waals surface area (Å²) in [7, 11) is 0. The van der Waals surface area contributed by atoms with E-state index in [0.29, 0.717) is 5.92 Å². The summed E-state index contributed by atoms with van der Waals surface area (Å²) in [6.45, 7) is 0. The van der Waals surface area contributed by atoms with E-state index in [0.717, 1.165) is 19.3 Å². The highest BCUT2D eigenvalue weighted by atomic mass is 35.5. The first kappa shape index (κ1) is 7.52. The van der Waals surface area contributed by atoms with Crippen LogP contribution in [0.3, 0.4) is 0 Å². The molecule has 2 fully saturated rings. The molecule has 2 aliphatic rings. The summed E-state index contributed by atoms with van der Waals surface area (Å²) in [5.41, 5.74) is 0. The van der Waals surface area contributed by atoms with Crippen molar-refractivity contribution in [3.63, 3.8) is 0 Å². The van der Waals surface area contributed by atoms with E-state index in [1.807, 2.05) is 0 Å². The van der Waals surface area contributed by atoms with Gasteiger partial charge in [-0.05, 0) is 25.2 Å². The van der Waals surface area contributed by atoms with Crippen LogP contribution in [0.5, 0.6) is 0 Å². The summed E-state index contributed by atoms with van der Waals surface area (Å²) >= 11 is 18.3. The van der Waals surface area contributed by atoms with Gasteiger partial charge in [0.05, 0.1) is 4.87 Å². The summed E-state index contributed by atoms with van der Waals surface area (Å²) in [5, 5.41) is 0. The fourth-order valence-electron chi connectivity index (χ4n) is 1.86. The molecular formula is C7H9Cl3. The third-order valence-electron chi connectivity index (χ3n) is 2.68. The Balaban J connectivity index is 2.21. The Morgan fingerprint density at radius 3 is 2.40 bits per heavy atom. The molecule has 2 rings (SSSR count). The molecule has 0 radical (unpaired) electrons. The smallest absolute Gasteiger partial charge is 0.116 e. The lowest BCUT2D eigenvalue weighted by Crippen LogP contribution is -2.33. The van der Waals surface area contributed by atoms with Crippen LogP contribution in [0.1, 0.15) is 25.7 Å². The predicted octanol–water partition coefficient (Wildman–Crippen LogP) is 3.34. The van der Waals surface area contributed by atoms with Crippen LogP contribution < -0.4 is 0 Å². The second-order valence-electron chi connectivity index (χ2n) is 3.36. The largest absolute Gasteiger partial charge is 0.137 e. The van der Waals surface area contributed by atoms with Crippen LogP contribution in [-0.4, -0.2) is 9.21 Å². The summed E-state index contributed by atoms with van der Waals surface area (Å²) in [4.78, 5) is -0.256. The van der Waals surface area contributed by atoms with Crippen LogP contribution >= 0.6 is 34.8 Å². The van der Waals surface area contributed by atoms with Crippen LogP contribution in [0.25, 0.3) is 0 Å². The van der Waals surface area contributed by atoms with Crippen molar-refractivity contribution < 1.29 is 0 Å². The zero-order valence-corrected chi connectivity index (χ0v) is 7.81. The molecule has 0 aromatic heterocycles. The number of fused-ring (bicyclic) bond motifs is 1. The minimum atomic E-state index is -0.641. The molecule has 0 nitrogen and oxygen atoms in total. The van der Waals surface area contributed by atoms with E-state index < -0.39 is 4.33 Å². The maximum absolute atomic E-state index is 6.17. The van der Waals surface area contributed by atoms with Gasteiger partial charge in [-0.2, -0.15) is 0 Å². The van der Waals surface area contributed by atoms with Gasteiger partial charge in [-0.25, -0.2) is 0 Å². The van der Waals surface area contributed by atoms with E-state index in [-0.39, 0.29) is 4.87 Å². The van der Waals surface area contributed by atoms with Crippen molar-refractivity contribution in [3.8, 4) is 0 Å². The monoisotopic (exact) mass is 198 g/mol. The topological polar surface area (TPSA) is 0 Å². The summed E-state index contributed by atoms with van der Waals surface area (Å²) in [6.07, 6.45) is 4.22. The molecule has 3 heteroatoms. The van der Waals surface area contributed by atoms with Crippen LogP contribution in [0.15, 0.2) is 0 Å². The highest BCUT2D eigenvalue weighted by Gasteiger charge is 2.66. The lowest BCUT2D eigenvalue weighted by Gasteiger charge is -2.29. The van der Waals surface area contributed by atoms with Crippen LogP contribution in [0, 0.1) is 5.92 Å². The van der Waals surface area contributed by atoms with E-state index in [2.05, 4.69) is 0 Å². The highest BCUT2D eigenvalue weighted by molar-refractivity contribution is 6.54. The van der Waals surface area contributed by atoms with Crippen molar-refractivity contribution >= 4 is 34.8 Å². The van der Waals surface area contributed by atoms with Crippen molar-refractivity contribution in [1.82, 2.24) is 0 Å². The second-order valence-corrected chi connectivity index (χ2v) is 5.52. The van der Waals surface area contributed by atoms with E-state index in [1.54, 1.807) is 0 Å². The number of alkyl halides is 3. The van der Waals surface area contributed by atoms with Crippen LogP contribution in [0.4, 0.5) is 0 Å². The minimum absolute atomic E-state index is 0.256.